The van der Waals surface area contributed by atoms with Gasteiger partial charge < -0.3 is 5.32 Å². The molecule has 1 fully saturated rings. The lowest BCUT2D eigenvalue weighted by Gasteiger charge is -2.22. The van der Waals surface area contributed by atoms with Gasteiger partial charge in [0, 0.05) is 23.7 Å². The first-order valence-electron chi connectivity index (χ1n) is 6.60. The Hall–Kier alpha value is -0.580. The van der Waals surface area contributed by atoms with Crippen LogP contribution < -0.4 is 5.32 Å². The summed E-state index contributed by atoms with van der Waals surface area (Å²) in [6.45, 7) is 2.92. The first kappa shape index (κ1) is 12.5. The second kappa shape index (κ2) is 5.19. The number of thiazole rings is 1. The number of rotatable bonds is 3. The van der Waals surface area contributed by atoms with E-state index < -0.39 is 0 Å². The van der Waals surface area contributed by atoms with Crippen LogP contribution in [0.2, 0.25) is 5.15 Å². The normalized spacial score (nSPS) is 17.7. The van der Waals surface area contributed by atoms with Crippen molar-refractivity contribution in [2.75, 3.05) is 0 Å². The Balaban J connectivity index is 1.77. The average molecular weight is 284 g/mol. The zero-order valence-electron chi connectivity index (χ0n) is 10.6. The van der Waals surface area contributed by atoms with Gasteiger partial charge in [-0.25, -0.2) is 4.98 Å². The maximum atomic E-state index is 6.23. The number of imidazole rings is 1. The average Bonchev–Trinajstić information content (AvgIpc) is 2.88. The second-order valence-corrected chi connectivity index (χ2v) is 6.25. The fourth-order valence-electron chi connectivity index (χ4n) is 2.74. The zero-order chi connectivity index (χ0) is 12.5. The van der Waals surface area contributed by atoms with E-state index in [0.29, 0.717) is 11.2 Å². The molecule has 0 spiro atoms. The fraction of sp³-hybridized carbons (Fsp3) is 0.615. The molecule has 2 aromatic rings. The summed E-state index contributed by atoms with van der Waals surface area (Å²) in [5.74, 6) is 0. The van der Waals surface area contributed by atoms with E-state index in [1.54, 1.807) is 11.3 Å². The standard InChI is InChI=1S/C13H18ClN3S/c1-9-8-18-13-16-12(14)11(17(9)13)7-15-10-5-3-2-4-6-10/h8,10,15H,2-7H2,1H3. The molecule has 0 saturated heterocycles. The van der Waals surface area contributed by atoms with Gasteiger partial charge in [-0.15, -0.1) is 11.3 Å². The fourth-order valence-corrected chi connectivity index (χ4v) is 3.91. The second-order valence-electron chi connectivity index (χ2n) is 5.06. The minimum atomic E-state index is 0.647. The molecule has 0 aromatic carbocycles. The predicted octanol–water partition coefficient (Wildman–Crippen LogP) is 3.78. The third kappa shape index (κ3) is 2.29. The molecule has 98 valence electrons. The summed E-state index contributed by atoms with van der Waals surface area (Å²) in [5.41, 5.74) is 2.32. The highest BCUT2D eigenvalue weighted by Gasteiger charge is 2.17. The summed E-state index contributed by atoms with van der Waals surface area (Å²) in [4.78, 5) is 5.40. The van der Waals surface area contributed by atoms with Gasteiger partial charge in [0.25, 0.3) is 0 Å². The number of aryl methyl sites for hydroxylation is 1. The molecule has 0 atom stereocenters. The highest BCUT2D eigenvalue weighted by atomic mass is 35.5. The Morgan fingerprint density at radius 1 is 1.44 bits per heavy atom. The maximum absolute atomic E-state index is 6.23. The Kier molecular flexibility index (Phi) is 3.59. The van der Waals surface area contributed by atoms with Crippen LogP contribution in [0.25, 0.3) is 4.96 Å². The molecule has 2 aromatic heterocycles. The Morgan fingerprint density at radius 2 is 2.22 bits per heavy atom. The molecule has 1 saturated carbocycles. The van der Waals surface area contributed by atoms with E-state index in [4.69, 9.17) is 11.6 Å². The van der Waals surface area contributed by atoms with Gasteiger partial charge in [0.05, 0.1) is 5.69 Å². The number of hydrogen-bond donors (Lipinski definition) is 1. The summed E-state index contributed by atoms with van der Waals surface area (Å²) in [5, 5.41) is 6.41. The molecular weight excluding hydrogens is 266 g/mol. The molecular formula is C13H18ClN3S. The number of aromatic nitrogens is 2. The van der Waals surface area contributed by atoms with Crippen molar-refractivity contribution < 1.29 is 0 Å². The molecule has 2 heterocycles. The topological polar surface area (TPSA) is 29.3 Å². The lowest BCUT2D eigenvalue weighted by atomic mass is 9.95. The van der Waals surface area contributed by atoms with E-state index in [9.17, 15) is 0 Å². The van der Waals surface area contributed by atoms with Crippen LogP contribution in [0, 0.1) is 6.92 Å². The third-order valence-corrected chi connectivity index (χ3v) is 4.99. The van der Waals surface area contributed by atoms with E-state index >= 15 is 0 Å². The first-order valence-corrected chi connectivity index (χ1v) is 7.86. The lowest BCUT2D eigenvalue weighted by Crippen LogP contribution is -2.31. The molecule has 18 heavy (non-hydrogen) atoms. The van der Waals surface area contributed by atoms with Crippen molar-refractivity contribution in [3.63, 3.8) is 0 Å². The predicted molar refractivity (Wildman–Crippen MR) is 76.5 cm³/mol. The third-order valence-electron chi connectivity index (χ3n) is 3.74. The first-order chi connectivity index (χ1) is 8.75. The van der Waals surface area contributed by atoms with E-state index in [1.165, 1.54) is 37.8 Å². The Labute approximate surface area is 116 Å². The molecule has 1 N–H and O–H groups in total. The van der Waals surface area contributed by atoms with Crippen molar-refractivity contribution in [1.29, 1.82) is 0 Å². The van der Waals surface area contributed by atoms with Crippen molar-refractivity contribution in [2.45, 2.75) is 51.6 Å². The molecule has 3 nitrogen and oxygen atoms in total. The molecule has 1 aliphatic rings. The van der Waals surface area contributed by atoms with E-state index in [2.05, 4.69) is 27.0 Å². The van der Waals surface area contributed by atoms with Gasteiger partial charge in [-0.3, -0.25) is 4.40 Å². The molecule has 0 unspecified atom stereocenters. The minimum absolute atomic E-state index is 0.647. The largest absolute Gasteiger partial charge is 0.308 e. The van der Waals surface area contributed by atoms with Gasteiger partial charge in [-0.1, -0.05) is 30.9 Å². The quantitative estimate of drug-likeness (QED) is 0.929. The number of fused-ring (bicyclic) bond motifs is 1. The summed E-state index contributed by atoms with van der Waals surface area (Å²) in [6, 6.07) is 0.652. The van der Waals surface area contributed by atoms with Crippen LogP contribution in [0.4, 0.5) is 0 Å². The molecule has 0 radical (unpaired) electrons. The van der Waals surface area contributed by atoms with Gasteiger partial charge in [-0.05, 0) is 19.8 Å². The number of halogens is 1. The summed E-state index contributed by atoms with van der Waals surface area (Å²) >= 11 is 7.88. The van der Waals surface area contributed by atoms with Crippen molar-refractivity contribution >= 4 is 27.9 Å². The Bertz CT molecular complexity index is 540. The monoisotopic (exact) mass is 283 g/mol. The highest BCUT2D eigenvalue weighted by molar-refractivity contribution is 7.15. The van der Waals surface area contributed by atoms with E-state index in [0.717, 1.165) is 17.2 Å². The van der Waals surface area contributed by atoms with Gasteiger partial charge in [0.15, 0.2) is 10.1 Å². The lowest BCUT2D eigenvalue weighted by molar-refractivity contribution is 0.370. The van der Waals surface area contributed by atoms with Gasteiger partial charge >= 0.3 is 0 Å². The molecule has 5 heteroatoms. The number of nitrogens with zero attached hydrogens (tertiary/aromatic N) is 2. The van der Waals surface area contributed by atoms with Crippen molar-refractivity contribution in [3.8, 4) is 0 Å². The van der Waals surface area contributed by atoms with Gasteiger partial charge in [0.1, 0.15) is 0 Å². The van der Waals surface area contributed by atoms with E-state index in [-0.39, 0.29) is 0 Å². The van der Waals surface area contributed by atoms with Crippen molar-refractivity contribution in [3.05, 3.63) is 21.9 Å². The van der Waals surface area contributed by atoms with E-state index in [1.807, 2.05) is 0 Å². The molecule has 0 amide bonds. The maximum Gasteiger partial charge on any atom is 0.195 e. The van der Waals surface area contributed by atoms with Crippen LogP contribution >= 0.6 is 22.9 Å². The van der Waals surface area contributed by atoms with Crippen LogP contribution in [-0.4, -0.2) is 15.4 Å². The summed E-state index contributed by atoms with van der Waals surface area (Å²) in [7, 11) is 0. The number of nitrogens with one attached hydrogen (secondary N) is 1. The summed E-state index contributed by atoms with van der Waals surface area (Å²) in [6.07, 6.45) is 6.68. The molecule has 1 aliphatic carbocycles. The van der Waals surface area contributed by atoms with Gasteiger partial charge in [-0.2, -0.15) is 0 Å². The van der Waals surface area contributed by atoms with Crippen LogP contribution in [0.15, 0.2) is 5.38 Å². The van der Waals surface area contributed by atoms with Crippen LogP contribution in [0.3, 0.4) is 0 Å². The minimum Gasteiger partial charge on any atom is -0.308 e. The Morgan fingerprint density at radius 3 is 3.00 bits per heavy atom. The number of hydrogen-bond acceptors (Lipinski definition) is 3. The van der Waals surface area contributed by atoms with Crippen molar-refractivity contribution in [2.24, 2.45) is 0 Å². The molecule has 3 rings (SSSR count). The van der Waals surface area contributed by atoms with Crippen molar-refractivity contribution in [1.82, 2.24) is 14.7 Å². The summed E-state index contributed by atoms with van der Waals surface area (Å²) < 4.78 is 2.17. The molecule has 0 bridgehead atoms. The van der Waals surface area contributed by atoms with Crippen LogP contribution in [-0.2, 0) is 6.54 Å². The molecule has 0 aliphatic heterocycles. The smallest absolute Gasteiger partial charge is 0.195 e. The van der Waals surface area contributed by atoms with Crippen LogP contribution in [0.5, 0.6) is 0 Å². The van der Waals surface area contributed by atoms with Crippen LogP contribution in [0.1, 0.15) is 43.5 Å². The zero-order valence-corrected chi connectivity index (χ0v) is 12.2. The highest BCUT2D eigenvalue weighted by Crippen LogP contribution is 2.25. The SMILES string of the molecule is Cc1csc2nc(Cl)c(CNC3CCCCC3)n12. The van der Waals surface area contributed by atoms with Gasteiger partial charge in [0.2, 0.25) is 0 Å².